The molecule has 0 atom stereocenters. The minimum Gasteiger partial charge on any atom is -0.465 e. The van der Waals surface area contributed by atoms with Crippen LogP contribution in [0.2, 0.25) is 0 Å². The van der Waals surface area contributed by atoms with Gasteiger partial charge in [0, 0.05) is 32.6 Å². The van der Waals surface area contributed by atoms with E-state index in [1.165, 1.54) is 4.90 Å². The molecule has 31 heavy (non-hydrogen) atoms. The molecule has 0 bridgehead atoms. The molecule has 0 radical (unpaired) electrons. The highest BCUT2D eigenvalue weighted by atomic mass is 32.1. The van der Waals surface area contributed by atoms with Gasteiger partial charge in [0.1, 0.15) is 0 Å². The average Bonchev–Trinajstić information content (AvgIpc) is 2.74. The SMILES string of the molecule is CN(C)C(=O)Cc1ccc(NC(=S)NC(=O)CCC(=O)OCCc2ccccc2)cc1. The molecular formula is C23H27N3O4S. The Bertz CT molecular complexity index is 899. The molecule has 0 unspecified atom stereocenters. The van der Waals surface area contributed by atoms with E-state index in [0.29, 0.717) is 18.5 Å². The molecule has 8 heteroatoms. The van der Waals surface area contributed by atoms with Crippen LogP contribution >= 0.6 is 12.2 Å². The van der Waals surface area contributed by atoms with Crippen molar-refractivity contribution < 1.29 is 19.1 Å². The Hall–Kier alpha value is -3.26. The van der Waals surface area contributed by atoms with Crippen LogP contribution in [0.1, 0.15) is 24.0 Å². The van der Waals surface area contributed by atoms with Crippen LogP contribution in [-0.4, -0.2) is 48.5 Å². The lowest BCUT2D eigenvalue weighted by molar-refractivity contribution is -0.144. The Morgan fingerprint density at radius 1 is 0.935 bits per heavy atom. The van der Waals surface area contributed by atoms with Crippen LogP contribution < -0.4 is 10.6 Å². The molecule has 0 fully saturated rings. The molecule has 2 aromatic carbocycles. The monoisotopic (exact) mass is 441 g/mol. The Labute approximate surface area is 187 Å². The van der Waals surface area contributed by atoms with Crippen LogP contribution in [0.15, 0.2) is 54.6 Å². The predicted molar refractivity (Wildman–Crippen MR) is 124 cm³/mol. The Kier molecular flexibility index (Phi) is 9.64. The third-order valence-electron chi connectivity index (χ3n) is 4.37. The van der Waals surface area contributed by atoms with E-state index in [2.05, 4.69) is 10.6 Å². The summed E-state index contributed by atoms with van der Waals surface area (Å²) in [6, 6.07) is 16.9. The second kappa shape index (κ2) is 12.4. The topological polar surface area (TPSA) is 87.7 Å². The predicted octanol–water partition coefficient (Wildman–Crippen LogP) is 2.70. The zero-order chi connectivity index (χ0) is 22.6. The van der Waals surface area contributed by atoms with Gasteiger partial charge in [-0.2, -0.15) is 0 Å². The van der Waals surface area contributed by atoms with E-state index < -0.39 is 5.97 Å². The number of likely N-dealkylation sites (N-methyl/N-ethyl adjacent to an activating group) is 1. The van der Waals surface area contributed by atoms with Crippen LogP contribution in [-0.2, 0) is 32.0 Å². The number of nitrogens with one attached hydrogen (secondary N) is 2. The molecule has 0 saturated heterocycles. The summed E-state index contributed by atoms with van der Waals surface area (Å²) >= 11 is 5.13. The summed E-state index contributed by atoms with van der Waals surface area (Å²) in [5.41, 5.74) is 2.65. The average molecular weight is 442 g/mol. The van der Waals surface area contributed by atoms with Gasteiger partial charge in [-0.15, -0.1) is 0 Å². The third-order valence-corrected chi connectivity index (χ3v) is 4.58. The molecule has 0 aromatic heterocycles. The summed E-state index contributed by atoms with van der Waals surface area (Å²) in [6.07, 6.45) is 0.917. The van der Waals surface area contributed by atoms with Crippen molar-refractivity contribution in [3.8, 4) is 0 Å². The maximum atomic E-state index is 12.0. The molecule has 0 heterocycles. The summed E-state index contributed by atoms with van der Waals surface area (Å²) < 4.78 is 5.16. The summed E-state index contributed by atoms with van der Waals surface area (Å²) in [5.74, 6) is -0.777. The van der Waals surface area contributed by atoms with Gasteiger partial charge < -0.3 is 20.3 Å². The summed E-state index contributed by atoms with van der Waals surface area (Å²) in [4.78, 5) is 37.1. The van der Waals surface area contributed by atoms with Crippen molar-refractivity contribution >= 4 is 40.8 Å². The van der Waals surface area contributed by atoms with Crippen molar-refractivity contribution in [1.29, 1.82) is 0 Å². The largest absolute Gasteiger partial charge is 0.465 e. The molecule has 0 aliphatic carbocycles. The van der Waals surface area contributed by atoms with E-state index in [1.807, 2.05) is 42.5 Å². The zero-order valence-corrected chi connectivity index (χ0v) is 18.5. The van der Waals surface area contributed by atoms with Gasteiger partial charge in [0.15, 0.2) is 5.11 Å². The Balaban J connectivity index is 1.65. The van der Waals surface area contributed by atoms with Crippen molar-refractivity contribution in [3.63, 3.8) is 0 Å². The molecule has 0 aliphatic rings. The number of thiocarbonyl (C=S) groups is 1. The van der Waals surface area contributed by atoms with Gasteiger partial charge in [-0.3, -0.25) is 14.4 Å². The molecule has 7 nitrogen and oxygen atoms in total. The number of carbonyl (C=O) groups excluding carboxylic acids is 3. The van der Waals surface area contributed by atoms with E-state index in [9.17, 15) is 14.4 Å². The quantitative estimate of drug-likeness (QED) is 0.460. The lowest BCUT2D eigenvalue weighted by Gasteiger charge is -2.12. The molecule has 164 valence electrons. The summed E-state index contributed by atoms with van der Waals surface area (Å²) in [6.45, 7) is 0.278. The Morgan fingerprint density at radius 3 is 2.26 bits per heavy atom. The van der Waals surface area contributed by atoms with E-state index >= 15 is 0 Å². The first kappa shape index (κ1) is 24.0. The highest BCUT2D eigenvalue weighted by Crippen LogP contribution is 2.11. The minimum absolute atomic E-state index is 0.0158. The van der Waals surface area contributed by atoms with Gasteiger partial charge in [-0.1, -0.05) is 42.5 Å². The van der Waals surface area contributed by atoms with Gasteiger partial charge in [-0.25, -0.2) is 0 Å². The van der Waals surface area contributed by atoms with Gasteiger partial charge in [0.2, 0.25) is 11.8 Å². The standard InChI is InChI=1S/C23H27N3O4S/c1-26(2)21(28)16-18-8-10-19(11-9-18)24-23(31)25-20(27)12-13-22(29)30-15-14-17-6-4-3-5-7-17/h3-11H,12-16H2,1-2H3,(H2,24,25,27,31). The Morgan fingerprint density at radius 2 is 1.61 bits per heavy atom. The minimum atomic E-state index is -0.423. The fourth-order valence-corrected chi connectivity index (χ4v) is 2.84. The number of esters is 1. The van der Waals surface area contributed by atoms with Crippen LogP contribution in [0.4, 0.5) is 5.69 Å². The maximum absolute atomic E-state index is 12.0. The molecule has 2 N–H and O–H groups in total. The summed E-state index contributed by atoms with van der Waals surface area (Å²) in [5, 5.41) is 5.58. The van der Waals surface area contributed by atoms with Gasteiger partial charge >= 0.3 is 5.97 Å². The molecule has 2 rings (SSSR count). The lowest BCUT2D eigenvalue weighted by Crippen LogP contribution is -2.34. The van der Waals surface area contributed by atoms with Gasteiger partial charge in [-0.05, 0) is 35.5 Å². The number of carbonyl (C=O) groups is 3. The third kappa shape index (κ3) is 9.39. The molecule has 2 amide bonds. The van der Waals surface area contributed by atoms with Crippen molar-refractivity contribution in [2.75, 3.05) is 26.0 Å². The highest BCUT2D eigenvalue weighted by molar-refractivity contribution is 7.80. The van der Waals surface area contributed by atoms with E-state index in [1.54, 1.807) is 26.2 Å². The second-order valence-electron chi connectivity index (χ2n) is 7.12. The number of benzene rings is 2. The number of amides is 2. The van der Waals surface area contributed by atoms with E-state index in [-0.39, 0.29) is 36.4 Å². The number of hydrogen-bond donors (Lipinski definition) is 2. The number of rotatable bonds is 9. The van der Waals surface area contributed by atoms with E-state index in [0.717, 1.165) is 11.1 Å². The zero-order valence-electron chi connectivity index (χ0n) is 17.7. The second-order valence-corrected chi connectivity index (χ2v) is 7.53. The van der Waals surface area contributed by atoms with Crippen molar-refractivity contribution in [1.82, 2.24) is 10.2 Å². The molecule has 0 spiro atoms. The van der Waals surface area contributed by atoms with E-state index in [4.69, 9.17) is 17.0 Å². The molecule has 0 aliphatic heterocycles. The normalized spacial score (nSPS) is 10.1. The molecular weight excluding hydrogens is 414 g/mol. The fourth-order valence-electron chi connectivity index (χ4n) is 2.61. The molecule has 0 saturated carbocycles. The van der Waals surface area contributed by atoms with Gasteiger partial charge in [0.25, 0.3) is 0 Å². The first-order valence-electron chi connectivity index (χ1n) is 9.93. The molecule has 2 aromatic rings. The smallest absolute Gasteiger partial charge is 0.306 e. The van der Waals surface area contributed by atoms with Crippen molar-refractivity contribution in [2.24, 2.45) is 0 Å². The van der Waals surface area contributed by atoms with Crippen LogP contribution in [0.25, 0.3) is 0 Å². The van der Waals surface area contributed by atoms with Crippen LogP contribution in [0.5, 0.6) is 0 Å². The number of nitrogens with zero attached hydrogens (tertiary/aromatic N) is 1. The first-order valence-corrected chi connectivity index (χ1v) is 10.3. The van der Waals surface area contributed by atoms with Gasteiger partial charge in [0.05, 0.1) is 19.4 Å². The summed E-state index contributed by atoms with van der Waals surface area (Å²) in [7, 11) is 3.42. The van der Waals surface area contributed by atoms with Crippen molar-refractivity contribution in [2.45, 2.75) is 25.7 Å². The van der Waals surface area contributed by atoms with Crippen molar-refractivity contribution in [3.05, 3.63) is 65.7 Å². The van der Waals surface area contributed by atoms with Crippen LogP contribution in [0, 0.1) is 0 Å². The number of anilines is 1. The highest BCUT2D eigenvalue weighted by Gasteiger charge is 2.10. The number of hydrogen-bond acceptors (Lipinski definition) is 5. The maximum Gasteiger partial charge on any atom is 0.306 e. The number of ether oxygens (including phenoxy) is 1. The van der Waals surface area contributed by atoms with Crippen LogP contribution in [0.3, 0.4) is 0 Å². The first-order chi connectivity index (χ1) is 14.8. The lowest BCUT2D eigenvalue weighted by atomic mass is 10.1. The fraction of sp³-hybridized carbons (Fsp3) is 0.304.